The predicted octanol–water partition coefficient (Wildman–Crippen LogP) is 4.28. The first-order valence-corrected chi connectivity index (χ1v) is 10.8. The summed E-state index contributed by atoms with van der Waals surface area (Å²) in [6, 6.07) is 18.0. The fraction of sp³-hybridized carbons (Fsp3) is 0.0455. The van der Waals surface area contributed by atoms with Gasteiger partial charge in [0, 0.05) is 10.4 Å². The Kier molecular flexibility index (Phi) is 7.75. The Morgan fingerprint density at radius 3 is 2.57 bits per heavy atom. The van der Waals surface area contributed by atoms with Crippen molar-refractivity contribution < 1.29 is 14.3 Å². The minimum absolute atomic E-state index is 0.104. The molecule has 0 saturated carbocycles. The number of halogens is 1. The van der Waals surface area contributed by atoms with Crippen molar-refractivity contribution in [1.29, 1.82) is 0 Å². The molecule has 6 nitrogen and oxygen atoms in total. The van der Waals surface area contributed by atoms with Gasteiger partial charge in [0.25, 0.3) is 11.8 Å². The number of carbonyl (C=O) groups excluding carboxylic acids is 2. The van der Waals surface area contributed by atoms with Gasteiger partial charge in [0.1, 0.15) is 11.4 Å². The zero-order valence-corrected chi connectivity index (χ0v) is 18.9. The summed E-state index contributed by atoms with van der Waals surface area (Å²) in [4.78, 5) is 26.0. The molecule has 2 aromatic carbocycles. The normalized spacial score (nSPS) is 11.3. The van der Waals surface area contributed by atoms with Gasteiger partial charge in [-0.05, 0) is 76.0 Å². The third-order valence-corrected chi connectivity index (χ3v) is 5.58. The van der Waals surface area contributed by atoms with E-state index in [0.717, 1.165) is 19.8 Å². The summed E-state index contributed by atoms with van der Waals surface area (Å²) in [6.07, 6.45) is 3.15. The number of nitrogens with zero attached hydrogens (tertiary/aromatic N) is 1. The van der Waals surface area contributed by atoms with Crippen molar-refractivity contribution in [3.8, 4) is 5.75 Å². The van der Waals surface area contributed by atoms with Crippen molar-refractivity contribution in [2.75, 3.05) is 7.11 Å². The zero-order valence-electron chi connectivity index (χ0n) is 16.0. The first-order valence-electron chi connectivity index (χ1n) is 8.85. The van der Waals surface area contributed by atoms with Crippen molar-refractivity contribution >= 4 is 58.0 Å². The minimum atomic E-state index is -0.521. The van der Waals surface area contributed by atoms with Crippen LogP contribution >= 0.6 is 33.9 Å². The van der Waals surface area contributed by atoms with Crippen LogP contribution in [-0.2, 0) is 4.79 Å². The van der Waals surface area contributed by atoms with Crippen molar-refractivity contribution in [2.24, 2.45) is 5.10 Å². The fourth-order valence-corrected chi connectivity index (χ4v) is 3.86. The number of ether oxygens (including phenoxy) is 1. The van der Waals surface area contributed by atoms with E-state index in [1.807, 2.05) is 41.8 Å². The van der Waals surface area contributed by atoms with Crippen LogP contribution in [0.2, 0.25) is 0 Å². The van der Waals surface area contributed by atoms with Crippen LogP contribution in [0.5, 0.6) is 5.75 Å². The van der Waals surface area contributed by atoms with Gasteiger partial charge in [-0.25, -0.2) is 5.43 Å². The Bertz CT molecular complexity index is 1080. The molecule has 3 rings (SSSR count). The summed E-state index contributed by atoms with van der Waals surface area (Å²) in [5.41, 5.74) is 3.83. The number of amides is 2. The van der Waals surface area contributed by atoms with Crippen LogP contribution in [0.4, 0.5) is 0 Å². The molecule has 2 N–H and O–H groups in total. The molecular weight excluding hydrogens is 513 g/mol. The molecule has 30 heavy (non-hydrogen) atoms. The molecule has 0 aliphatic rings. The summed E-state index contributed by atoms with van der Waals surface area (Å²) in [7, 11) is 1.61. The molecule has 0 unspecified atom stereocenters. The van der Waals surface area contributed by atoms with Gasteiger partial charge in [-0.15, -0.1) is 11.3 Å². The zero-order chi connectivity index (χ0) is 21.3. The molecule has 0 saturated heterocycles. The van der Waals surface area contributed by atoms with Crippen LogP contribution in [0.1, 0.15) is 20.8 Å². The molecule has 3 aromatic rings. The molecule has 0 atom stereocenters. The Hall–Kier alpha value is -2.98. The third-order valence-electron chi connectivity index (χ3n) is 3.91. The predicted molar refractivity (Wildman–Crippen MR) is 128 cm³/mol. The summed E-state index contributed by atoms with van der Waals surface area (Å²) in [6.45, 7) is 0. The average Bonchev–Trinajstić information content (AvgIpc) is 3.27. The highest BCUT2D eigenvalue weighted by molar-refractivity contribution is 14.1. The maximum absolute atomic E-state index is 12.7. The molecule has 0 fully saturated rings. The van der Waals surface area contributed by atoms with Gasteiger partial charge in [-0.1, -0.05) is 24.3 Å². The lowest BCUT2D eigenvalue weighted by Gasteiger charge is -2.08. The van der Waals surface area contributed by atoms with Crippen LogP contribution in [0.15, 0.2) is 76.8 Å². The van der Waals surface area contributed by atoms with Crippen LogP contribution in [0, 0.1) is 3.57 Å². The Labute approximate surface area is 191 Å². The quantitative estimate of drug-likeness (QED) is 0.207. The highest BCUT2D eigenvalue weighted by atomic mass is 127. The third kappa shape index (κ3) is 6.01. The molecule has 2 amide bonds. The van der Waals surface area contributed by atoms with E-state index in [0.29, 0.717) is 5.56 Å². The van der Waals surface area contributed by atoms with E-state index < -0.39 is 5.91 Å². The molecule has 0 radical (unpaired) electrons. The summed E-state index contributed by atoms with van der Waals surface area (Å²) in [5, 5.41) is 8.57. The van der Waals surface area contributed by atoms with Crippen LogP contribution < -0.4 is 15.5 Å². The Morgan fingerprint density at radius 2 is 1.90 bits per heavy atom. The van der Waals surface area contributed by atoms with E-state index in [4.69, 9.17) is 4.74 Å². The standard InChI is InChI=1S/C22H18IN3O3S/c1-29-20-10-9-15(12-18(20)23)14-24-26-22(28)19(13-17-8-5-11-30-17)25-21(27)16-6-3-2-4-7-16/h2-14H,1H3,(H,25,27)(H,26,28)/b19-13+,24-14+. The van der Waals surface area contributed by atoms with Gasteiger partial charge < -0.3 is 10.1 Å². The SMILES string of the molecule is COc1ccc(/C=N/NC(=O)/C(=C\c2cccs2)NC(=O)c2ccccc2)cc1I. The molecule has 8 heteroatoms. The monoisotopic (exact) mass is 531 g/mol. The second-order valence-corrected chi connectivity index (χ2v) is 8.13. The van der Waals surface area contributed by atoms with E-state index in [2.05, 4.69) is 38.4 Å². The smallest absolute Gasteiger partial charge is 0.287 e. The lowest BCUT2D eigenvalue weighted by atomic mass is 10.2. The number of hydrazone groups is 1. The minimum Gasteiger partial charge on any atom is -0.496 e. The van der Waals surface area contributed by atoms with Crippen molar-refractivity contribution in [3.05, 3.63) is 91.3 Å². The van der Waals surface area contributed by atoms with Crippen molar-refractivity contribution in [3.63, 3.8) is 0 Å². The number of benzene rings is 2. The second kappa shape index (κ2) is 10.7. The van der Waals surface area contributed by atoms with E-state index in [-0.39, 0.29) is 11.6 Å². The van der Waals surface area contributed by atoms with E-state index >= 15 is 0 Å². The van der Waals surface area contributed by atoms with E-state index in [9.17, 15) is 9.59 Å². The largest absolute Gasteiger partial charge is 0.496 e. The number of rotatable bonds is 7. The topological polar surface area (TPSA) is 79.8 Å². The molecule has 0 aliphatic carbocycles. The maximum atomic E-state index is 12.7. The number of carbonyl (C=O) groups is 2. The molecule has 0 aliphatic heterocycles. The molecular formula is C22H18IN3O3S. The van der Waals surface area contributed by atoms with Crippen LogP contribution in [-0.4, -0.2) is 25.1 Å². The lowest BCUT2D eigenvalue weighted by Crippen LogP contribution is -2.32. The lowest BCUT2D eigenvalue weighted by molar-refractivity contribution is -0.117. The van der Waals surface area contributed by atoms with E-state index in [1.165, 1.54) is 17.6 Å². The second-order valence-electron chi connectivity index (χ2n) is 5.99. The van der Waals surface area contributed by atoms with Crippen LogP contribution in [0.25, 0.3) is 6.08 Å². The highest BCUT2D eigenvalue weighted by Gasteiger charge is 2.14. The number of nitrogens with one attached hydrogen (secondary N) is 2. The summed E-state index contributed by atoms with van der Waals surface area (Å²) >= 11 is 3.62. The van der Waals surface area contributed by atoms with Crippen molar-refractivity contribution in [1.82, 2.24) is 10.7 Å². The maximum Gasteiger partial charge on any atom is 0.287 e. The number of thiophene rings is 1. The Balaban J connectivity index is 1.73. The molecule has 0 bridgehead atoms. The summed E-state index contributed by atoms with van der Waals surface area (Å²) in [5.74, 6) is -0.129. The number of methoxy groups -OCH3 is 1. The summed E-state index contributed by atoms with van der Waals surface area (Å²) < 4.78 is 6.16. The number of hydrogen-bond donors (Lipinski definition) is 2. The molecule has 0 spiro atoms. The first kappa shape index (κ1) is 21.7. The molecule has 1 heterocycles. The Morgan fingerprint density at radius 1 is 1.10 bits per heavy atom. The van der Waals surface area contributed by atoms with Crippen molar-refractivity contribution in [2.45, 2.75) is 0 Å². The van der Waals surface area contributed by atoms with Gasteiger partial charge in [0.15, 0.2) is 0 Å². The van der Waals surface area contributed by atoms with Gasteiger partial charge in [0.05, 0.1) is 16.9 Å². The van der Waals surface area contributed by atoms with Crippen LogP contribution in [0.3, 0.4) is 0 Å². The average molecular weight is 531 g/mol. The van der Waals surface area contributed by atoms with Gasteiger partial charge >= 0.3 is 0 Å². The van der Waals surface area contributed by atoms with Gasteiger partial charge in [-0.2, -0.15) is 5.10 Å². The van der Waals surface area contributed by atoms with Gasteiger partial charge in [0.2, 0.25) is 0 Å². The van der Waals surface area contributed by atoms with Gasteiger partial charge in [-0.3, -0.25) is 9.59 Å². The number of hydrogen-bond acceptors (Lipinski definition) is 5. The molecule has 152 valence electrons. The fourth-order valence-electron chi connectivity index (χ4n) is 2.45. The van der Waals surface area contributed by atoms with E-state index in [1.54, 1.807) is 37.5 Å². The highest BCUT2D eigenvalue weighted by Crippen LogP contribution is 2.20. The molecule has 1 aromatic heterocycles. The first-order chi connectivity index (χ1) is 14.6.